The van der Waals surface area contributed by atoms with Gasteiger partial charge >= 0.3 is 6.18 Å². The van der Waals surface area contributed by atoms with Crippen LogP contribution in [-0.4, -0.2) is 50.8 Å². The van der Waals surface area contributed by atoms with Crippen LogP contribution >= 0.6 is 0 Å². The van der Waals surface area contributed by atoms with E-state index < -0.39 is 21.8 Å². The summed E-state index contributed by atoms with van der Waals surface area (Å²) in [4.78, 5) is 2.05. The van der Waals surface area contributed by atoms with Crippen LogP contribution in [0, 0.1) is 17.8 Å². The van der Waals surface area contributed by atoms with E-state index in [0.29, 0.717) is 12.8 Å². The number of rotatable bonds is 6. The number of hydrogen-bond donors (Lipinski definition) is 0. The number of sulfonamides is 1. The number of alkyl halides is 3. The maximum absolute atomic E-state index is 12.8. The van der Waals surface area contributed by atoms with Crippen molar-refractivity contribution in [2.24, 2.45) is 5.92 Å². The van der Waals surface area contributed by atoms with Crippen molar-refractivity contribution in [2.45, 2.75) is 56.1 Å². The Balaban J connectivity index is 1.96. The molecule has 162 valence electrons. The van der Waals surface area contributed by atoms with E-state index in [2.05, 4.69) is 23.7 Å². The molecule has 8 heteroatoms. The second-order valence-electron chi connectivity index (χ2n) is 7.61. The van der Waals surface area contributed by atoms with Crippen molar-refractivity contribution in [3.63, 3.8) is 0 Å². The van der Waals surface area contributed by atoms with Gasteiger partial charge in [0.1, 0.15) is 0 Å². The maximum Gasteiger partial charge on any atom is 0.416 e. The van der Waals surface area contributed by atoms with Crippen LogP contribution in [0.25, 0.3) is 0 Å². The topological polar surface area (TPSA) is 40.6 Å². The van der Waals surface area contributed by atoms with Gasteiger partial charge < -0.3 is 0 Å². The van der Waals surface area contributed by atoms with Crippen molar-refractivity contribution in [1.82, 2.24) is 9.21 Å². The first kappa shape index (κ1) is 23.7. The lowest BCUT2D eigenvalue weighted by atomic mass is 9.86. The van der Waals surface area contributed by atoms with E-state index in [1.54, 1.807) is 0 Å². The van der Waals surface area contributed by atoms with E-state index in [4.69, 9.17) is 0 Å². The molecule has 1 aromatic carbocycles. The van der Waals surface area contributed by atoms with Crippen LogP contribution in [0.4, 0.5) is 13.2 Å². The van der Waals surface area contributed by atoms with Crippen LogP contribution in [-0.2, 0) is 16.2 Å². The highest BCUT2D eigenvalue weighted by Crippen LogP contribution is 2.32. The van der Waals surface area contributed by atoms with Crippen LogP contribution in [0.1, 0.15) is 44.6 Å². The fraction of sp³-hybridized carbons (Fsp3) is 0.619. The molecule has 0 N–H and O–H groups in total. The first-order chi connectivity index (χ1) is 13.6. The van der Waals surface area contributed by atoms with E-state index in [1.165, 1.54) is 11.4 Å². The van der Waals surface area contributed by atoms with Crippen LogP contribution in [0.2, 0.25) is 0 Å². The van der Waals surface area contributed by atoms with Crippen molar-refractivity contribution >= 4 is 10.0 Å². The van der Waals surface area contributed by atoms with Crippen molar-refractivity contribution < 1.29 is 21.6 Å². The third-order valence-electron chi connectivity index (χ3n) is 5.33. The third kappa shape index (κ3) is 6.46. The molecule has 1 aliphatic carbocycles. The van der Waals surface area contributed by atoms with Gasteiger partial charge in [0, 0.05) is 19.0 Å². The fourth-order valence-corrected chi connectivity index (χ4v) is 4.96. The molecule has 4 nitrogen and oxygen atoms in total. The van der Waals surface area contributed by atoms with E-state index >= 15 is 0 Å². The average molecular weight is 431 g/mol. The van der Waals surface area contributed by atoms with E-state index in [9.17, 15) is 21.6 Å². The minimum absolute atomic E-state index is 0.117. The summed E-state index contributed by atoms with van der Waals surface area (Å²) in [6.45, 7) is 3.87. The lowest BCUT2D eigenvalue weighted by Crippen LogP contribution is -2.39. The molecular formula is C21H29F3N2O2S. The van der Waals surface area contributed by atoms with E-state index in [1.807, 2.05) is 7.05 Å². The van der Waals surface area contributed by atoms with Crippen LogP contribution in [0.15, 0.2) is 29.2 Å². The van der Waals surface area contributed by atoms with E-state index in [-0.39, 0.29) is 16.9 Å². The van der Waals surface area contributed by atoms with Crippen molar-refractivity contribution in [3.05, 3.63) is 29.8 Å². The normalized spacial score (nSPS) is 20.6. The minimum Gasteiger partial charge on any atom is -0.295 e. The predicted octanol–water partition coefficient (Wildman–Crippen LogP) is 4.23. The molecule has 0 saturated heterocycles. The first-order valence-electron chi connectivity index (χ1n) is 9.88. The summed E-state index contributed by atoms with van der Waals surface area (Å²) in [6, 6.07) is 3.51. The molecule has 0 atom stereocenters. The van der Waals surface area contributed by atoms with Gasteiger partial charge in [0.15, 0.2) is 0 Å². The number of nitrogens with zero attached hydrogens (tertiary/aromatic N) is 2. The van der Waals surface area contributed by atoms with Gasteiger partial charge in [-0.25, -0.2) is 8.42 Å². The molecule has 0 unspecified atom stereocenters. The van der Waals surface area contributed by atoms with Crippen LogP contribution in [0.5, 0.6) is 0 Å². The zero-order chi connectivity index (χ0) is 21.7. The second kappa shape index (κ2) is 9.96. The Labute approximate surface area is 172 Å². The summed E-state index contributed by atoms with van der Waals surface area (Å²) >= 11 is 0. The SMILES string of the molecule is CCCN(C)CC#CC1CCC(N(C)S(=O)(=O)c2ccc(C(F)(F)F)cc2)CC1. The van der Waals surface area contributed by atoms with Crippen molar-refractivity contribution in [2.75, 3.05) is 27.2 Å². The van der Waals surface area contributed by atoms with Gasteiger partial charge in [-0.15, -0.1) is 0 Å². The summed E-state index contributed by atoms with van der Waals surface area (Å²) in [7, 11) is -0.288. The molecule has 2 rings (SSSR count). The van der Waals surface area contributed by atoms with Crippen molar-refractivity contribution in [1.29, 1.82) is 0 Å². The highest BCUT2D eigenvalue weighted by molar-refractivity contribution is 7.89. The summed E-state index contributed by atoms with van der Waals surface area (Å²) in [6.07, 6.45) is -0.368. The molecule has 0 bridgehead atoms. The third-order valence-corrected chi connectivity index (χ3v) is 7.25. The van der Waals surface area contributed by atoms with Crippen molar-refractivity contribution in [3.8, 4) is 11.8 Å². The molecule has 0 amide bonds. The molecule has 1 aliphatic rings. The Morgan fingerprint density at radius 3 is 2.17 bits per heavy atom. The summed E-state index contributed by atoms with van der Waals surface area (Å²) in [5, 5.41) is 0. The summed E-state index contributed by atoms with van der Waals surface area (Å²) in [5.74, 6) is 6.77. The van der Waals surface area contributed by atoms with Crippen LogP contribution in [0.3, 0.4) is 0 Å². The lowest BCUT2D eigenvalue weighted by molar-refractivity contribution is -0.137. The molecule has 0 radical (unpaired) electrons. The molecule has 29 heavy (non-hydrogen) atoms. The number of benzene rings is 1. The second-order valence-corrected chi connectivity index (χ2v) is 9.61. The Morgan fingerprint density at radius 1 is 1.07 bits per heavy atom. The Hall–Kier alpha value is -1.56. The molecule has 0 aliphatic heterocycles. The first-order valence-corrected chi connectivity index (χ1v) is 11.3. The molecular weight excluding hydrogens is 401 g/mol. The highest BCUT2D eigenvalue weighted by Gasteiger charge is 2.33. The molecule has 0 aromatic heterocycles. The Kier molecular flexibility index (Phi) is 8.15. The largest absolute Gasteiger partial charge is 0.416 e. The maximum atomic E-state index is 12.8. The number of hydrogen-bond acceptors (Lipinski definition) is 3. The summed E-state index contributed by atoms with van der Waals surface area (Å²) in [5.41, 5.74) is -0.859. The van der Waals surface area contributed by atoms with Gasteiger partial charge in [0.25, 0.3) is 0 Å². The molecule has 0 heterocycles. The predicted molar refractivity (Wildman–Crippen MR) is 108 cm³/mol. The smallest absolute Gasteiger partial charge is 0.295 e. The van der Waals surface area contributed by atoms with Gasteiger partial charge in [-0.1, -0.05) is 18.8 Å². The monoisotopic (exact) mass is 430 g/mol. The molecule has 1 fully saturated rings. The van der Waals surface area contributed by atoms with Gasteiger partial charge in [0.05, 0.1) is 17.0 Å². The average Bonchev–Trinajstić information content (AvgIpc) is 2.67. The quantitative estimate of drug-likeness (QED) is 0.634. The van der Waals surface area contributed by atoms with Gasteiger partial charge in [-0.2, -0.15) is 17.5 Å². The Morgan fingerprint density at radius 2 is 1.66 bits per heavy atom. The van der Waals surface area contributed by atoms with Gasteiger partial charge in [0.2, 0.25) is 10.0 Å². The van der Waals surface area contributed by atoms with E-state index in [0.717, 1.165) is 56.6 Å². The molecule has 1 aromatic rings. The van der Waals surface area contributed by atoms with Gasteiger partial charge in [-0.05, 0) is 70.0 Å². The molecule has 0 spiro atoms. The Bertz CT molecular complexity index is 818. The summed E-state index contributed by atoms with van der Waals surface area (Å²) < 4.78 is 65.0. The standard InChI is InChI=1S/C21H29F3N2O2S/c1-4-15-25(2)16-5-6-17-7-11-19(12-8-17)26(3)29(27,28)20-13-9-18(10-14-20)21(22,23)24/h9-10,13-14,17,19H,4,7-8,11-12,15-16H2,1-3H3. The van der Waals surface area contributed by atoms with Gasteiger partial charge in [-0.3, -0.25) is 4.90 Å². The lowest BCUT2D eigenvalue weighted by Gasteiger charge is -2.32. The zero-order valence-electron chi connectivity index (χ0n) is 17.2. The number of halogens is 3. The zero-order valence-corrected chi connectivity index (χ0v) is 18.0. The fourth-order valence-electron chi connectivity index (χ4n) is 3.55. The van der Waals surface area contributed by atoms with Crippen LogP contribution < -0.4 is 0 Å². The highest BCUT2D eigenvalue weighted by atomic mass is 32.2. The molecule has 1 saturated carbocycles. The minimum atomic E-state index is -4.49.